The molecule has 0 amide bonds. The van der Waals surface area contributed by atoms with E-state index in [1.165, 1.54) is 0 Å². The quantitative estimate of drug-likeness (QED) is 0.735. The van der Waals surface area contributed by atoms with Gasteiger partial charge in [-0.1, -0.05) is 18.2 Å². The highest BCUT2D eigenvalue weighted by Crippen LogP contribution is 2.38. The Hall–Kier alpha value is -3.34. The van der Waals surface area contributed by atoms with Crippen LogP contribution in [0.2, 0.25) is 0 Å². The fraction of sp³-hybridized carbons (Fsp3) is 0.0526. The Bertz CT molecular complexity index is 956. The first-order chi connectivity index (χ1) is 11.7. The number of hydrogen-bond donors (Lipinski definition) is 2. The molecule has 4 rings (SSSR count). The Balaban J connectivity index is 1.69. The van der Waals surface area contributed by atoms with Gasteiger partial charge in [0.05, 0.1) is 5.56 Å². The largest absolute Gasteiger partial charge is 0.504 e. The number of hydrogen-bond acceptors (Lipinski definition) is 5. The van der Waals surface area contributed by atoms with Crippen LogP contribution in [-0.4, -0.2) is 16.3 Å². The molecule has 1 aromatic carbocycles. The lowest BCUT2D eigenvalue weighted by atomic mass is 10.1. The van der Waals surface area contributed by atoms with Gasteiger partial charge in [-0.05, 0) is 37.3 Å². The molecule has 3 aromatic rings. The molecule has 0 atom stereocenters. The summed E-state index contributed by atoms with van der Waals surface area (Å²) in [5.41, 5.74) is 3.33. The van der Waals surface area contributed by atoms with Crippen molar-refractivity contribution in [3.63, 3.8) is 0 Å². The summed E-state index contributed by atoms with van der Waals surface area (Å²) >= 11 is 0. The molecule has 0 unspecified atom stereocenters. The maximum atomic E-state index is 10.4. The van der Waals surface area contributed by atoms with E-state index in [-0.39, 0.29) is 5.75 Å². The van der Waals surface area contributed by atoms with E-state index in [0.717, 1.165) is 16.8 Å². The number of fused-ring (bicyclic) bond motifs is 1. The molecular formula is C19H15N3O2. The summed E-state index contributed by atoms with van der Waals surface area (Å²) in [6, 6.07) is 13.5. The van der Waals surface area contributed by atoms with E-state index >= 15 is 0 Å². The predicted molar refractivity (Wildman–Crippen MR) is 95.1 cm³/mol. The zero-order chi connectivity index (χ0) is 16.5. The van der Waals surface area contributed by atoms with E-state index in [9.17, 15) is 5.11 Å². The van der Waals surface area contributed by atoms with Crippen molar-refractivity contribution < 1.29 is 9.52 Å². The molecular weight excluding hydrogens is 302 g/mol. The van der Waals surface area contributed by atoms with Crippen LogP contribution >= 0.6 is 0 Å². The number of benzene rings is 1. The van der Waals surface area contributed by atoms with E-state index in [1.807, 2.05) is 49.4 Å². The molecule has 0 spiro atoms. The van der Waals surface area contributed by atoms with Crippen LogP contribution in [0.15, 0.2) is 58.1 Å². The number of pyridine rings is 1. The highest BCUT2D eigenvalue weighted by atomic mass is 16.4. The van der Waals surface area contributed by atoms with Gasteiger partial charge in [0, 0.05) is 29.2 Å². The normalized spacial score (nSPS) is 14.1. The first-order valence-corrected chi connectivity index (χ1v) is 7.58. The van der Waals surface area contributed by atoms with E-state index in [4.69, 9.17) is 4.42 Å². The number of aromatic nitrogens is 1. The maximum Gasteiger partial charge on any atom is 0.204 e. The molecule has 1 aliphatic rings. The number of furan rings is 1. The average molecular weight is 317 g/mol. The zero-order valence-corrected chi connectivity index (χ0v) is 13.0. The summed E-state index contributed by atoms with van der Waals surface area (Å²) in [6.07, 6.45) is 5.20. The maximum absolute atomic E-state index is 10.4. The smallest absolute Gasteiger partial charge is 0.204 e. The molecule has 0 radical (unpaired) electrons. The average Bonchev–Trinajstić information content (AvgIpc) is 3.13. The Morgan fingerprint density at radius 2 is 1.96 bits per heavy atom. The molecule has 0 aliphatic carbocycles. The van der Waals surface area contributed by atoms with Gasteiger partial charge >= 0.3 is 0 Å². The summed E-state index contributed by atoms with van der Waals surface area (Å²) in [6.45, 7) is 1.81. The van der Waals surface area contributed by atoms with E-state index in [0.29, 0.717) is 23.0 Å². The molecule has 5 nitrogen and oxygen atoms in total. The molecule has 0 saturated carbocycles. The summed E-state index contributed by atoms with van der Waals surface area (Å²) in [4.78, 5) is 8.47. The molecule has 0 saturated heterocycles. The van der Waals surface area contributed by atoms with Crippen molar-refractivity contribution in [2.24, 2.45) is 4.99 Å². The second kappa shape index (κ2) is 5.70. The van der Waals surface area contributed by atoms with Gasteiger partial charge < -0.3 is 14.8 Å². The third-order valence-electron chi connectivity index (χ3n) is 3.88. The number of anilines is 2. The lowest BCUT2D eigenvalue weighted by molar-refractivity contribution is 0.454. The lowest BCUT2D eigenvalue weighted by Crippen LogP contribution is -1.88. The number of nitrogens with zero attached hydrogens (tertiary/aromatic N) is 2. The van der Waals surface area contributed by atoms with Gasteiger partial charge in [-0.25, -0.2) is 9.98 Å². The van der Waals surface area contributed by atoms with Crippen molar-refractivity contribution in [3.8, 4) is 5.75 Å². The fourth-order valence-corrected chi connectivity index (χ4v) is 2.58. The SMILES string of the molecule is Cc1c(Nc2ccccc2)oc(C=C2C=Nc3ncccc32)c1O. The van der Waals surface area contributed by atoms with Crippen LogP contribution in [0.5, 0.6) is 5.75 Å². The first kappa shape index (κ1) is 14.3. The third kappa shape index (κ3) is 2.46. The van der Waals surface area contributed by atoms with Gasteiger partial charge in [-0.2, -0.15) is 0 Å². The molecule has 3 heterocycles. The topological polar surface area (TPSA) is 70.7 Å². The molecule has 0 bridgehead atoms. The van der Waals surface area contributed by atoms with Gasteiger partial charge in [-0.3, -0.25) is 0 Å². The van der Waals surface area contributed by atoms with Crippen molar-refractivity contribution >= 4 is 35.3 Å². The molecule has 1 aliphatic heterocycles. The van der Waals surface area contributed by atoms with Crippen LogP contribution in [0.3, 0.4) is 0 Å². The molecule has 2 N–H and O–H groups in total. The minimum Gasteiger partial charge on any atom is -0.504 e. The Morgan fingerprint density at radius 1 is 1.12 bits per heavy atom. The van der Waals surface area contributed by atoms with Crippen molar-refractivity contribution in [3.05, 3.63) is 65.5 Å². The van der Waals surface area contributed by atoms with E-state index in [1.54, 1.807) is 18.5 Å². The molecule has 5 heteroatoms. The number of para-hydroxylation sites is 1. The number of rotatable bonds is 3. The van der Waals surface area contributed by atoms with Crippen molar-refractivity contribution in [1.29, 1.82) is 0 Å². The van der Waals surface area contributed by atoms with Gasteiger partial charge in [0.1, 0.15) is 0 Å². The van der Waals surface area contributed by atoms with Crippen LogP contribution in [0.4, 0.5) is 17.4 Å². The Kier molecular flexibility index (Phi) is 3.39. The van der Waals surface area contributed by atoms with Gasteiger partial charge in [0.25, 0.3) is 0 Å². The lowest BCUT2D eigenvalue weighted by Gasteiger charge is -2.02. The standard InChI is InChI=1S/C19H15N3O2/c1-12-17(23)16(24-19(12)22-14-6-3-2-4-7-14)10-13-11-21-18-15(13)8-5-9-20-18/h2-11,22-23H,1H3. The van der Waals surface area contributed by atoms with Gasteiger partial charge in [-0.15, -0.1) is 0 Å². The second-order valence-corrected chi connectivity index (χ2v) is 5.49. The van der Waals surface area contributed by atoms with Crippen LogP contribution in [0.25, 0.3) is 11.6 Å². The van der Waals surface area contributed by atoms with Gasteiger partial charge in [0.2, 0.25) is 5.88 Å². The molecule has 24 heavy (non-hydrogen) atoms. The summed E-state index contributed by atoms with van der Waals surface area (Å²) < 4.78 is 5.81. The third-order valence-corrected chi connectivity index (χ3v) is 3.88. The Labute approximate surface area is 139 Å². The second-order valence-electron chi connectivity index (χ2n) is 5.49. The van der Waals surface area contributed by atoms with Crippen LogP contribution in [0, 0.1) is 6.92 Å². The van der Waals surface area contributed by atoms with Crippen LogP contribution in [-0.2, 0) is 0 Å². The molecule has 0 fully saturated rings. The monoisotopic (exact) mass is 317 g/mol. The first-order valence-electron chi connectivity index (χ1n) is 7.58. The number of allylic oxidation sites excluding steroid dienone is 1. The van der Waals surface area contributed by atoms with E-state index < -0.39 is 0 Å². The summed E-state index contributed by atoms with van der Waals surface area (Å²) in [5.74, 6) is 1.71. The Morgan fingerprint density at radius 3 is 2.79 bits per heavy atom. The highest BCUT2D eigenvalue weighted by molar-refractivity contribution is 6.20. The van der Waals surface area contributed by atoms with E-state index in [2.05, 4.69) is 15.3 Å². The number of nitrogens with one attached hydrogen (secondary N) is 1. The molecule has 2 aromatic heterocycles. The van der Waals surface area contributed by atoms with Gasteiger partial charge in [0.15, 0.2) is 17.3 Å². The van der Waals surface area contributed by atoms with Crippen molar-refractivity contribution in [1.82, 2.24) is 4.98 Å². The highest BCUT2D eigenvalue weighted by Gasteiger charge is 2.18. The number of aromatic hydroxyl groups is 1. The van der Waals surface area contributed by atoms with Crippen molar-refractivity contribution in [2.45, 2.75) is 6.92 Å². The van der Waals surface area contributed by atoms with Crippen LogP contribution in [0.1, 0.15) is 16.9 Å². The fourth-order valence-electron chi connectivity index (χ4n) is 2.58. The van der Waals surface area contributed by atoms with Crippen molar-refractivity contribution in [2.75, 3.05) is 5.32 Å². The minimum atomic E-state index is 0.117. The zero-order valence-electron chi connectivity index (χ0n) is 13.0. The van der Waals surface area contributed by atoms with Crippen LogP contribution < -0.4 is 5.32 Å². The summed E-state index contributed by atoms with van der Waals surface area (Å²) in [7, 11) is 0. The minimum absolute atomic E-state index is 0.117. The predicted octanol–water partition coefficient (Wildman–Crippen LogP) is 4.69. The summed E-state index contributed by atoms with van der Waals surface area (Å²) in [5, 5.41) is 13.5. The number of aliphatic imine (C=N–C) groups is 1. The molecule has 118 valence electrons.